The second kappa shape index (κ2) is 9.51. The molecule has 0 atom stereocenters. The Balaban J connectivity index is 1.51. The van der Waals surface area contributed by atoms with E-state index in [0.29, 0.717) is 5.69 Å². The van der Waals surface area contributed by atoms with E-state index in [1.807, 2.05) is 29.3 Å². The number of anilines is 1. The van der Waals surface area contributed by atoms with Crippen LogP contribution in [-0.4, -0.2) is 60.5 Å². The van der Waals surface area contributed by atoms with Gasteiger partial charge in [0.25, 0.3) is 5.91 Å². The second-order valence-electron chi connectivity index (χ2n) is 7.23. The van der Waals surface area contributed by atoms with Crippen molar-refractivity contribution in [2.24, 2.45) is 0 Å². The van der Waals surface area contributed by atoms with Crippen LogP contribution in [0.25, 0.3) is 0 Å². The molecule has 0 spiro atoms. The van der Waals surface area contributed by atoms with Crippen molar-refractivity contribution in [3.05, 3.63) is 59.9 Å². The molecule has 3 rings (SSSR count). The van der Waals surface area contributed by atoms with Gasteiger partial charge in [0.2, 0.25) is 0 Å². The summed E-state index contributed by atoms with van der Waals surface area (Å²) in [5, 5.41) is 0. The van der Waals surface area contributed by atoms with E-state index in [1.165, 1.54) is 12.0 Å². The number of nitrogens with zero attached hydrogens (tertiary/aromatic N) is 4. The van der Waals surface area contributed by atoms with E-state index in [2.05, 4.69) is 53.0 Å². The minimum absolute atomic E-state index is 0.0390. The number of unbranched alkanes of at least 4 members (excludes halogenated alkanes) is 1. The molecule has 1 aliphatic rings. The topological polar surface area (TPSA) is 39.7 Å². The number of benzene rings is 1. The summed E-state index contributed by atoms with van der Waals surface area (Å²) < 4.78 is 0. The molecule has 0 unspecified atom stereocenters. The molecule has 0 N–H and O–H groups in total. The SMILES string of the molecule is CCCCN(C)c1ccc(C(=O)N2CCN(Cc3ccccc3)CC2)nc1. The Bertz CT molecular complexity index is 709. The van der Waals surface area contributed by atoms with E-state index in [-0.39, 0.29) is 5.91 Å². The maximum atomic E-state index is 12.7. The molecule has 2 aromatic rings. The van der Waals surface area contributed by atoms with Gasteiger partial charge in [-0.15, -0.1) is 0 Å². The standard InChI is InChI=1S/C22H30N4O/c1-3-4-12-24(2)20-10-11-21(23-17-20)22(27)26-15-13-25(14-16-26)18-19-8-6-5-7-9-19/h5-11,17H,3-4,12-16,18H2,1-2H3. The lowest BCUT2D eigenvalue weighted by Gasteiger charge is -2.34. The van der Waals surface area contributed by atoms with E-state index in [1.54, 1.807) is 0 Å². The molecule has 5 nitrogen and oxygen atoms in total. The molecule has 0 aliphatic carbocycles. The summed E-state index contributed by atoms with van der Waals surface area (Å²) in [7, 11) is 2.07. The van der Waals surface area contributed by atoms with Gasteiger partial charge in [0.05, 0.1) is 11.9 Å². The van der Waals surface area contributed by atoms with E-state index >= 15 is 0 Å². The number of hydrogen-bond donors (Lipinski definition) is 0. The third-order valence-corrected chi connectivity index (χ3v) is 5.16. The lowest BCUT2D eigenvalue weighted by Crippen LogP contribution is -2.48. The average Bonchev–Trinajstić information content (AvgIpc) is 2.73. The zero-order valence-electron chi connectivity index (χ0n) is 16.5. The number of carbonyl (C=O) groups is 1. The van der Waals surface area contributed by atoms with Gasteiger partial charge < -0.3 is 9.80 Å². The summed E-state index contributed by atoms with van der Waals surface area (Å²) in [5.41, 5.74) is 2.92. The van der Waals surface area contributed by atoms with Gasteiger partial charge in [-0.05, 0) is 24.1 Å². The van der Waals surface area contributed by atoms with Crippen molar-refractivity contribution in [2.75, 3.05) is 44.7 Å². The van der Waals surface area contributed by atoms with Gasteiger partial charge in [0.1, 0.15) is 5.69 Å². The van der Waals surface area contributed by atoms with E-state index < -0.39 is 0 Å². The van der Waals surface area contributed by atoms with Crippen LogP contribution in [0.2, 0.25) is 0 Å². The lowest BCUT2D eigenvalue weighted by atomic mass is 10.2. The Morgan fingerprint density at radius 2 is 1.81 bits per heavy atom. The van der Waals surface area contributed by atoms with Crippen molar-refractivity contribution in [2.45, 2.75) is 26.3 Å². The number of piperazine rings is 1. The zero-order chi connectivity index (χ0) is 19.1. The van der Waals surface area contributed by atoms with E-state index in [4.69, 9.17) is 0 Å². The highest BCUT2D eigenvalue weighted by Gasteiger charge is 2.23. The average molecular weight is 367 g/mol. The molecule has 1 aliphatic heterocycles. The maximum absolute atomic E-state index is 12.7. The Labute approximate surface area is 162 Å². The summed E-state index contributed by atoms with van der Waals surface area (Å²) in [6, 6.07) is 14.4. The van der Waals surface area contributed by atoms with Crippen molar-refractivity contribution < 1.29 is 4.79 Å². The monoisotopic (exact) mass is 366 g/mol. The first-order valence-corrected chi connectivity index (χ1v) is 9.90. The molecule has 144 valence electrons. The van der Waals surface area contributed by atoms with Gasteiger partial charge in [-0.25, -0.2) is 4.98 Å². The molecule has 1 fully saturated rings. The summed E-state index contributed by atoms with van der Waals surface area (Å²) in [4.78, 5) is 23.7. The number of carbonyl (C=O) groups excluding carboxylic acids is 1. The smallest absolute Gasteiger partial charge is 0.272 e. The highest BCUT2D eigenvalue weighted by molar-refractivity contribution is 5.92. The third-order valence-electron chi connectivity index (χ3n) is 5.16. The molecule has 1 amide bonds. The van der Waals surface area contributed by atoms with Crippen molar-refractivity contribution in [1.29, 1.82) is 0 Å². The Morgan fingerprint density at radius 1 is 1.07 bits per heavy atom. The molecule has 5 heteroatoms. The third kappa shape index (κ3) is 5.30. The van der Waals surface area contributed by atoms with Crippen LogP contribution in [0.1, 0.15) is 35.8 Å². The van der Waals surface area contributed by atoms with Crippen LogP contribution < -0.4 is 4.90 Å². The molecule has 27 heavy (non-hydrogen) atoms. The molecule has 1 aromatic carbocycles. The number of hydrogen-bond acceptors (Lipinski definition) is 4. The summed E-state index contributed by atoms with van der Waals surface area (Å²) in [6.45, 7) is 7.45. The summed E-state index contributed by atoms with van der Waals surface area (Å²) >= 11 is 0. The van der Waals surface area contributed by atoms with E-state index in [0.717, 1.165) is 51.4 Å². The Hall–Kier alpha value is -2.40. The fourth-order valence-corrected chi connectivity index (χ4v) is 3.38. The molecule has 0 radical (unpaired) electrons. The van der Waals surface area contributed by atoms with Crippen LogP contribution in [0.4, 0.5) is 5.69 Å². The first-order chi connectivity index (χ1) is 13.2. The van der Waals surface area contributed by atoms with Gasteiger partial charge in [-0.1, -0.05) is 43.7 Å². The quantitative estimate of drug-likeness (QED) is 0.754. The largest absolute Gasteiger partial charge is 0.373 e. The van der Waals surface area contributed by atoms with Crippen molar-refractivity contribution in [1.82, 2.24) is 14.8 Å². The van der Waals surface area contributed by atoms with Crippen molar-refractivity contribution >= 4 is 11.6 Å². The van der Waals surface area contributed by atoms with Crippen LogP contribution in [-0.2, 0) is 6.54 Å². The molecule has 1 saturated heterocycles. The molecule has 1 aromatic heterocycles. The van der Waals surface area contributed by atoms with E-state index in [9.17, 15) is 4.79 Å². The fraction of sp³-hybridized carbons (Fsp3) is 0.455. The number of aromatic nitrogens is 1. The Morgan fingerprint density at radius 3 is 2.44 bits per heavy atom. The van der Waals surface area contributed by atoms with Gasteiger partial charge in [-0.3, -0.25) is 9.69 Å². The highest BCUT2D eigenvalue weighted by atomic mass is 16.2. The van der Waals surface area contributed by atoms with Crippen molar-refractivity contribution in [3.63, 3.8) is 0 Å². The second-order valence-corrected chi connectivity index (χ2v) is 7.23. The van der Waals surface area contributed by atoms with Crippen molar-refractivity contribution in [3.8, 4) is 0 Å². The molecular formula is C22H30N4O. The minimum Gasteiger partial charge on any atom is -0.373 e. The molecular weight excluding hydrogens is 336 g/mol. The lowest BCUT2D eigenvalue weighted by molar-refractivity contribution is 0.0623. The predicted molar refractivity (Wildman–Crippen MR) is 110 cm³/mol. The first-order valence-electron chi connectivity index (χ1n) is 9.90. The molecule has 2 heterocycles. The zero-order valence-corrected chi connectivity index (χ0v) is 16.5. The van der Waals surface area contributed by atoms with Crippen LogP contribution in [0.5, 0.6) is 0 Å². The predicted octanol–water partition coefficient (Wildman–Crippen LogP) is 3.28. The highest BCUT2D eigenvalue weighted by Crippen LogP contribution is 2.15. The first kappa shape index (κ1) is 19.4. The normalized spacial score (nSPS) is 15.0. The van der Waals surface area contributed by atoms with Gasteiger partial charge in [0, 0.05) is 46.3 Å². The molecule has 0 saturated carbocycles. The van der Waals surface area contributed by atoms with Gasteiger partial charge in [0.15, 0.2) is 0 Å². The van der Waals surface area contributed by atoms with Crippen LogP contribution in [0.15, 0.2) is 48.7 Å². The number of pyridine rings is 1. The summed E-state index contributed by atoms with van der Waals surface area (Å²) in [5.74, 6) is 0.0390. The summed E-state index contributed by atoms with van der Waals surface area (Å²) in [6.07, 6.45) is 4.14. The van der Waals surface area contributed by atoms with Crippen LogP contribution in [0.3, 0.4) is 0 Å². The van der Waals surface area contributed by atoms with Crippen LogP contribution >= 0.6 is 0 Å². The number of rotatable bonds is 7. The Kier molecular flexibility index (Phi) is 6.82. The maximum Gasteiger partial charge on any atom is 0.272 e. The van der Waals surface area contributed by atoms with Gasteiger partial charge >= 0.3 is 0 Å². The molecule has 0 bridgehead atoms. The van der Waals surface area contributed by atoms with Gasteiger partial charge in [-0.2, -0.15) is 0 Å². The minimum atomic E-state index is 0.0390. The van der Waals surface area contributed by atoms with Crippen LogP contribution in [0, 0.1) is 0 Å². The fourth-order valence-electron chi connectivity index (χ4n) is 3.38. The number of amides is 1.